The summed E-state index contributed by atoms with van der Waals surface area (Å²) in [6.07, 6.45) is 0.895. The van der Waals surface area contributed by atoms with E-state index in [0.717, 1.165) is 12.2 Å². The van der Waals surface area contributed by atoms with Crippen molar-refractivity contribution in [3.8, 4) is 5.75 Å². The van der Waals surface area contributed by atoms with Gasteiger partial charge < -0.3 is 10.5 Å². The average molecular weight is 340 g/mol. The van der Waals surface area contributed by atoms with Crippen molar-refractivity contribution >= 4 is 0 Å². The molecule has 0 saturated heterocycles. The van der Waals surface area contributed by atoms with Crippen LogP contribution in [0.3, 0.4) is 0 Å². The first-order valence-electron chi connectivity index (χ1n) is 9.28. The van der Waals surface area contributed by atoms with Crippen LogP contribution in [0.1, 0.15) is 56.7 Å². The van der Waals surface area contributed by atoms with Gasteiger partial charge in [0.1, 0.15) is 5.75 Å². The van der Waals surface area contributed by atoms with Gasteiger partial charge in [0, 0.05) is 17.0 Å². The zero-order chi connectivity index (χ0) is 18.6. The topological polar surface area (TPSA) is 35.2 Å². The lowest BCUT2D eigenvalue weighted by molar-refractivity contribution is 0.199. The molecule has 1 unspecified atom stereocenters. The zero-order valence-corrected chi connectivity index (χ0v) is 16.5. The summed E-state index contributed by atoms with van der Waals surface area (Å²) < 4.78 is 5.70. The number of rotatable bonds is 7. The fourth-order valence-corrected chi connectivity index (χ4v) is 3.71. The summed E-state index contributed by atoms with van der Waals surface area (Å²) in [6.45, 7) is 11.1. The molecule has 0 aromatic heterocycles. The normalized spacial score (nSPS) is 13.3. The van der Waals surface area contributed by atoms with Crippen molar-refractivity contribution in [3.63, 3.8) is 0 Å². The van der Waals surface area contributed by atoms with Crippen LogP contribution in [0.5, 0.6) is 5.75 Å². The van der Waals surface area contributed by atoms with Gasteiger partial charge in [-0.2, -0.15) is 0 Å². The van der Waals surface area contributed by atoms with Crippen LogP contribution >= 0.6 is 0 Å². The zero-order valence-electron chi connectivity index (χ0n) is 16.5. The van der Waals surface area contributed by atoms with Crippen LogP contribution in [0.15, 0.2) is 48.5 Å². The predicted molar refractivity (Wildman–Crippen MR) is 107 cm³/mol. The van der Waals surface area contributed by atoms with Crippen LogP contribution < -0.4 is 10.5 Å². The van der Waals surface area contributed by atoms with Gasteiger partial charge in [0.15, 0.2) is 0 Å². The molecule has 0 bridgehead atoms. The van der Waals surface area contributed by atoms with Crippen molar-refractivity contribution in [1.82, 2.24) is 0 Å². The van der Waals surface area contributed by atoms with Crippen LogP contribution in [-0.2, 0) is 0 Å². The number of nitrogens with two attached hydrogens (primary N) is 1. The lowest BCUT2D eigenvalue weighted by atomic mass is 9.69. The molecule has 25 heavy (non-hydrogen) atoms. The van der Waals surface area contributed by atoms with Gasteiger partial charge in [0.05, 0.1) is 7.11 Å². The van der Waals surface area contributed by atoms with Crippen LogP contribution in [0.4, 0.5) is 0 Å². The molecule has 2 aromatic carbocycles. The van der Waals surface area contributed by atoms with E-state index in [0.29, 0.717) is 11.8 Å². The highest BCUT2D eigenvalue weighted by Crippen LogP contribution is 2.41. The molecule has 0 aliphatic carbocycles. The van der Waals surface area contributed by atoms with Crippen molar-refractivity contribution in [3.05, 3.63) is 65.2 Å². The maximum absolute atomic E-state index is 6.95. The van der Waals surface area contributed by atoms with Gasteiger partial charge in [0.25, 0.3) is 0 Å². The third-order valence-electron chi connectivity index (χ3n) is 5.67. The summed E-state index contributed by atoms with van der Waals surface area (Å²) in [5.74, 6) is 1.95. The minimum absolute atomic E-state index is 0.214. The van der Waals surface area contributed by atoms with E-state index in [1.54, 1.807) is 7.11 Å². The molecule has 0 aliphatic rings. The lowest BCUT2D eigenvalue weighted by Gasteiger charge is -2.41. The van der Waals surface area contributed by atoms with E-state index in [4.69, 9.17) is 10.5 Å². The highest BCUT2D eigenvalue weighted by atomic mass is 16.5. The highest BCUT2D eigenvalue weighted by Gasteiger charge is 2.36. The minimum Gasteiger partial charge on any atom is -0.496 e. The number of hydrogen-bond acceptors (Lipinski definition) is 2. The van der Waals surface area contributed by atoms with Gasteiger partial charge >= 0.3 is 0 Å². The molecule has 2 N–H and O–H groups in total. The molecule has 0 saturated carbocycles. The molecule has 2 heteroatoms. The predicted octanol–water partition coefficient (Wildman–Crippen LogP) is 5.54. The third-order valence-corrected chi connectivity index (χ3v) is 5.67. The molecule has 1 atom stereocenters. The molecular formula is C23H33NO. The first-order valence-corrected chi connectivity index (χ1v) is 9.28. The molecule has 0 fully saturated rings. The molecule has 0 spiro atoms. The van der Waals surface area contributed by atoms with E-state index in [-0.39, 0.29) is 11.5 Å². The summed E-state index contributed by atoms with van der Waals surface area (Å²) >= 11 is 0. The van der Waals surface area contributed by atoms with Crippen molar-refractivity contribution in [1.29, 1.82) is 0 Å². The largest absolute Gasteiger partial charge is 0.496 e. The van der Waals surface area contributed by atoms with Crippen molar-refractivity contribution in [2.24, 2.45) is 17.6 Å². The van der Waals surface area contributed by atoms with Gasteiger partial charge in [-0.1, -0.05) is 75.7 Å². The molecule has 0 aliphatic heterocycles. The summed E-state index contributed by atoms with van der Waals surface area (Å²) in [5, 5.41) is 0. The van der Waals surface area contributed by atoms with Crippen molar-refractivity contribution < 1.29 is 4.74 Å². The van der Waals surface area contributed by atoms with E-state index in [1.807, 2.05) is 0 Å². The second-order valence-corrected chi connectivity index (χ2v) is 7.83. The first kappa shape index (κ1) is 19.5. The summed E-state index contributed by atoms with van der Waals surface area (Å²) in [7, 11) is 1.75. The third kappa shape index (κ3) is 4.24. The Kier molecular flexibility index (Phi) is 6.29. The van der Waals surface area contributed by atoms with Crippen molar-refractivity contribution in [2.75, 3.05) is 7.11 Å². The van der Waals surface area contributed by atoms with Crippen LogP contribution in [0.2, 0.25) is 0 Å². The molecule has 0 amide bonds. The Morgan fingerprint density at radius 1 is 0.960 bits per heavy atom. The summed E-state index contributed by atoms with van der Waals surface area (Å²) in [6, 6.07) is 17.1. The second-order valence-electron chi connectivity index (χ2n) is 7.83. The fraction of sp³-hybridized carbons (Fsp3) is 0.478. The molecule has 2 rings (SSSR count). The minimum atomic E-state index is -0.241. The Morgan fingerprint density at radius 2 is 1.56 bits per heavy atom. The SMILES string of the molecule is COc1ccc(C)cc1C(CC(N)(C(C)C)C(C)C)c1ccccc1. The Balaban J connectivity index is 2.58. The van der Waals surface area contributed by atoms with Gasteiger partial charge in [-0.3, -0.25) is 0 Å². The number of hydrogen-bond donors (Lipinski definition) is 1. The Morgan fingerprint density at radius 3 is 2.08 bits per heavy atom. The monoisotopic (exact) mass is 339 g/mol. The molecule has 0 heterocycles. The quantitative estimate of drug-likeness (QED) is 0.719. The fourth-order valence-electron chi connectivity index (χ4n) is 3.71. The molecule has 0 radical (unpaired) electrons. The Hall–Kier alpha value is -1.80. The maximum Gasteiger partial charge on any atom is 0.122 e. The maximum atomic E-state index is 6.95. The van der Waals surface area contributed by atoms with E-state index < -0.39 is 0 Å². The second kappa shape index (κ2) is 8.05. The van der Waals surface area contributed by atoms with Gasteiger partial charge in [-0.05, 0) is 36.8 Å². The summed E-state index contributed by atoms with van der Waals surface area (Å²) in [4.78, 5) is 0. The number of aryl methyl sites for hydroxylation is 1. The number of benzene rings is 2. The number of methoxy groups -OCH3 is 1. The van der Waals surface area contributed by atoms with Crippen LogP contribution in [-0.4, -0.2) is 12.6 Å². The van der Waals surface area contributed by atoms with Crippen LogP contribution in [0, 0.1) is 18.8 Å². The number of ether oxygens (including phenoxy) is 1. The molecular weight excluding hydrogens is 306 g/mol. The van der Waals surface area contributed by atoms with Gasteiger partial charge in [-0.15, -0.1) is 0 Å². The molecule has 136 valence electrons. The molecule has 2 aromatic rings. The smallest absolute Gasteiger partial charge is 0.122 e. The van der Waals surface area contributed by atoms with E-state index >= 15 is 0 Å². The lowest BCUT2D eigenvalue weighted by Crippen LogP contribution is -2.51. The van der Waals surface area contributed by atoms with Gasteiger partial charge in [0.2, 0.25) is 0 Å². The van der Waals surface area contributed by atoms with Crippen LogP contribution in [0.25, 0.3) is 0 Å². The van der Waals surface area contributed by atoms with Crippen molar-refractivity contribution in [2.45, 2.75) is 52.5 Å². The standard InChI is InChI=1S/C23H33NO/c1-16(2)23(24,17(3)4)15-21(19-10-8-7-9-11-19)20-14-18(5)12-13-22(20)25-6/h7-14,16-17,21H,15,24H2,1-6H3. The van der Waals surface area contributed by atoms with E-state index in [1.165, 1.54) is 16.7 Å². The van der Waals surface area contributed by atoms with E-state index in [2.05, 4.69) is 83.1 Å². The summed E-state index contributed by atoms with van der Waals surface area (Å²) in [5.41, 5.74) is 10.5. The Bertz CT molecular complexity index is 668. The Labute approximate surface area is 153 Å². The molecule has 2 nitrogen and oxygen atoms in total. The first-order chi connectivity index (χ1) is 11.8. The average Bonchev–Trinajstić information content (AvgIpc) is 2.59. The van der Waals surface area contributed by atoms with E-state index in [9.17, 15) is 0 Å². The van der Waals surface area contributed by atoms with Gasteiger partial charge in [-0.25, -0.2) is 0 Å². The highest BCUT2D eigenvalue weighted by molar-refractivity contribution is 5.44.